The molecule has 0 N–H and O–H groups in total. The van der Waals surface area contributed by atoms with E-state index >= 15 is 0 Å². The second-order valence-electron chi connectivity index (χ2n) is 10.3. The van der Waals surface area contributed by atoms with Crippen molar-refractivity contribution in [2.24, 2.45) is 11.3 Å². The Balaban J connectivity index is 2.25. The van der Waals surface area contributed by atoms with E-state index in [1.54, 1.807) is 72.9 Å². The maximum Gasteiger partial charge on any atom is 0.324 e. The summed E-state index contributed by atoms with van der Waals surface area (Å²) in [4.78, 5) is 51.8. The normalized spacial score (nSPS) is 18.3. The minimum atomic E-state index is -1.77. The molecule has 1 unspecified atom stereocenters. The lowest BCUT2D eigenvalue weighted by Crippen LogP contribution is -2.52. The van der Waals surface area contributed by atoms with Crippen molar-refractivity contribution >= 4 is 23.7 Å². The van der Waals surface area contributed by atoms with Crippen molar-refractivity contribution in [1.29, 1.82) is 0 Å². The van der Waals surface area contributed by atoms with E-state index < -0.39 is 40.4 Å². The molecule has 0 amide bonds. The second kappa shape index (κ2) is 9.93. The fraction of sp³-hybridized carbons (Fsp3) is 0.600. The van der Waals surface area contributed by atoms with Gasteiger partial charge in [0.15, 0.2) is 5.41 Å². The third-order valence-corrected chi connectivity index (χ3v) is 5.14. The number of Topliss-reactive ketones (excluding diaryl/α,β-unsaturated/α-hetero) is 1. The van der Waals surface area contributed by atoms with Gasteiger partial charge >= 0.3 is 17.9 Å². The molecule has 1 aromatic rings. The molecule has 0 spiro atoms. The van der Waals surface area contributed by atoms with Gasteiger partial charge in [-0.1, -0.05) is 12.1 Å². The number of ether oxygens (including phenoxy) is 4. The highest BCUT2D eigenvalue weighted by molar-refractivity contribution is 6.06. The molecule has 1 aromatic carbocycles. The Hall–Kier alpha value is -2.90. The van der Waals surface area contributed by atoms with E-state index in [1.807, 2.05) is 0 Å². The number of carbonyl (C=O) groups is 4. The number of hydrogen-bond donors (Lipinski definition) is 0. The van der Waals surface area contributed by atoms with Crippen LogP contribution in [0.5, 0.6) is 5.75 Å². The van der Waals surface area contributed by atoms with Gasteiger partial charge < -0.3 is 18.9 Å². The molecular formula is C25H34O8. The number of benzene rings is 1. The van der Waals surface area contributed by atoms with Crippen LogP contribution in [0.4, 0.5) is 0 Å². The van der Waals surface area contributed by atoms with Gasteiger partial charge in [0.05, 0.1) is 7.11 Å². The largest absolute Gasteiger partial charge is 0.497 e. The minimum Gasteiger partial charge on any atom is -0.497 e. The zero-order chi connectivity index (χ0) is 25.0. The molecule has 1 fully saturated rings. The average molecular weight is 463 g/mol. The van der Waals surface area contributed by atoms with E-state index in [9.17, 15) is 19.2 Å². The highest BCUT2D eigenvalue weighted by Gasteiger charge is 2.57. The predicted molar refractivity (Wildman–Crippen MR) is 119 cm³/mol. The molecule has 1 aliphatic rings. The average Bonchev–Trinajstić information content (AvgIpc) is 2.70. The molecule has 0 aromatic heterocycles. The Morgan fingerprint density at radius 1 is 0.939 bits per heavy atom. The lowest BCUT2D eigenvalue weighted by molar-refractivity contribution is -0.190. The quantitative estimate of drug-likeness (QED) is 0.357. The van der Waals surface area contributed by atoms with Crippen molar-refractivity contribution in [2.75, 3.05) is 7.11 Å². The van der Waals surface area contributed by atoms with Crippen LogP contribution in [-0.2, 0) is 40.0 Å². The molecule has 1 saturated carbocycles. The van der Waals surface area contributed by atoms with Gasteiger partial charge in [0.2, 0.25) is 0 Å². The van der Waals surface area contributed by atoms with Gasteiger partial charge in [0.1, 0.15) is 35.3 Å². The molecule has 8 heteroatoms. The molecule has 182 valence electrons. The summed E-state index contributed by atoms with van der Waals surface area (Å²) >= 11 is 0. The van der Waals surface area contributed by atoms with Gasteiger partial charge in [0, 0.05) is 6.42 Å². The Labute approximate surface area is 194 Å². The number of methoxy groups -OCH3 is 1. The molecule has 2 rings (SSSR count). The van der Waals surface area contributed by atoms with Gasteiger partial charge in [-0.15, -0.1) is 0 Å². The van der Waals surface area contributed by atoms with Gasteiger partial charge in [-0.25, -0.2) is 0 Å². The first-order valence-corrected chi connectivity index (χ1v) is 11.0. The molecule has 0 aliphatic heterocycles. The maximum absolute atomic E-state index is 13.2. The lowest BCUT2D eigenvalue weighted by atomic mass is 9.68. The Morgan fingerprint density at radius 2 is 1.45 bits per heavy atom. The lowest BCUT2D eigenvalue weighted by Gasteiger charge is -2.38. The summed E-state index contributed by atoms with van der Waals surface area (Å²) in [6, 6.07) is 6.93. The number of carbonyl (C=O) groups excluding carboxylic acids is 4. The van der Waals surface area contributed by atoms with Crippen LogP contribution in [0.2, 0.25) is 0 Å². The minimum absolute atomic E-state index is 0.0571. The van der Waals surface area contributed by atoms with Gasteiger partial charge in [-0.05, 0) is 72.1 Å². The monoisotopic (exact) mass is 462 g/mol. The standard InChI is InChI=1S/C25H34O8/c1-23(2,3)32-21(28)25(22(29)33-24(4,5)6)13-12-19(26)18(14-25)20(27)31-15-16-8-10-17(30-7)11-9-16/h8-11,18H,12-15H2,1-7H3. The third-order valence-electron chi connectivity index (χ3n) is 5.14. The summed E-state index contributed by atoms with van der Waals surface area (Å²) in [5.74, 6) is -3.37. The number of hydrogen-bond acceptors (Lipinski definition) is 8. The first-order chi connectivity index (χ1) is 15.2. The first kappa shape index (κ1) is 26.4. The summed E-state index contributed by atoms with van der Waals surface area (Å²) < 4.78 is 21.5. The van der Waals surface area contributed by atoms with E-state index in [1.165, 1.54) is 0 Å². The molecule has 8 nitrogen and oxygen atoms in total. The van der Waals surface area contributed by atoms with Crippen LogP contribution in [0.15, 0.2) is 24.3 Å². The molecular weight excluding hydrogens is 428 g/mol. The highest BCUT2D eigenvalue weighted by Crippen LogP contribution is 2.42. The fourth-order valence-electron chi connectivity index (χ4n) is 3.47. The molecule has 0 bridgehead atoms. The van der Waals surface area contributed by atoms with E-state index in [0.717, 1.165) is 0 Å². The smallest absolute Gasteiger partial charge is 0.324 e. The van der Waals surface area contributed by atoms with Crippen LogP contribution in [0, 0.1) is 11.3 Å². The van der Waals surface area contributed by atoms with Crippen molar-refractivity contribution in [3.05, 3.63) is 29.8 Å². The van der Waals surface area contributed by atoms with Gasteiger partial charge in [-0.3, -0.25) is 19.2 Å². The SMILES string of the molecule is COc1ccc(COC(=O)C2CC(C(=O)OC(C)(C)C)(C(=O)OC(C)(C)C)CCC2=O)cc1. The van der Waals surface area contributed by atoms with E-state index in [4.69, 9.17) is 18.9 Å². The van der Waals surface area contributed by atoms with Crippen LogP contribution < -0.4 is 4.74 Å². The van der Waals surface area contributed by atoms with Crippen LogP contribution in [0.3, 0.4) is 0 Å². The maximum atomic E-state index is 13.2. The van der Waals surface area contributed by atoms with Crippen molar-refractivity contribution in [3.63, 3.8) is 0 Å². The van der Waals surface area contributed by atoms with Gasteiger partial charge in [0.25, 0.3) is 0 Å². The summed E-state index contributed by atoms with van der Waals surface area (Å²) in [5.41, 5.74) is -2.79. The van der Waals surface area contributed by atoms with Crippen LogP contribution in [0.1, 0.15) is 66.4 Å². The highest BCUT2D eigenvalue weighted by atomic mass is 16.6. The number of ketones is 1. The zero-order valence-electron chi connectivity index (χ0n) is 20.5. The Morgan fingerprint density at radius 3 is 1.91 bits per heavy atom. The predicted octanol–water partition coefficient (Wildman–Crippen LogP) is 3.78. The van der Waals surface area contributed by atoms with E-state index in [-0.39, 0.29) is 31.7 Å². The van der Waals surface area contributed by atoms with Crippen molar-refractivity contribution in [2.45, 2.75) is 78.6 Å². The van der Waals surface area contributed by atoms with E-state index in [0.29, 0.717) is 11.3 Å². The fourth-order valence-corrected chi connectivity index (χ4v) is 3.47. The van der Waals surface area contributed by atoms with Crippen molar-refractivity contribution in [3.8, 4) is 5.75 Å². The summed E-state index contributed by atoms with van der Waals surface area (Å²) in [7, 11) is 1.55. The van der Waals surface area contributed by atoms with Crippen LogP contribution >= 0.6 is 0 Å². The van der Waals surface area contributed by atoms with Crippen LogP contribution in [0.25, 0.3) is 0 Å². The molecule has 1 aliphatic carbocycles. The number of rotatable bonds is 6. The topological polar surface area (TPSA) is 105 Å². The summed E-state index contributed by atoms with van der Waals surface area (Å²) in [6.07, 6.45) is -0.574. The molecule has 0 radical (unpaired) electrons. The third kappa shape index (κ3) is 7.04. The molecule has 0 saturated heterocycles. The Bertz CT molecular complexity index is 858. The first-order valence-electron chi connectivity index (χ1n) is 11.0. The van der Waals surface area contributed by atoms with Crippen LogP contribution in [-0.4, -0.2) is 42.0 Å². The summed E-state index contributed by atoms with van der Waals surface area (Å²) in [5, 5.41) is 0. The number of esters is 3. The van der Waals surface area contributed by atoms with Crippen molar-refractivity contribution in [1.82, 2.24) is 0 Å². The van der Waals surface area contributed by atoms with E-state index in [2.05, 4.69) is 0 Å². The zero-order valence-corrected chi connectivity index (χ0v) is 20.5. The molecule has 1 atom stereocenters. The van der Waals surface area contributed by atoms with Crippen molar-refractivity contribution < 1.29 is 38.1 Å². The Kier molecular flexibility index (Phi) is 7.93. The molecule has 33 heavy (non-hydrogen) atoms. The summed E-state index contributed by atoms with van der Waals surface area (Å²) in [6.45, 7) is 10.0. The second-order valence-corrected chi connectivity index (χ2v) is 10.3. The molecule has 0 heterocycles. The van der Waals surface area contributed by atoms with Gasteiger partial charge in [-0.2, -0.15) is 0 Å².